The van der Waals surface area contributed by atoms with Gasteiger partial charge in [0.15, 0.2) is 5.65 Å². The number of hydrogen-bond donors (Lipinski definition) is 2. The van der Waals surface area contributed by atoms with Crippen molar-refractivity contribution >= 4 is 32.8 Å². The van der Waals surface area contributed by atoms with E-state index in [4.69, 9.17) is 5.73 Å². The lowest BCUT2D eigenvalue weighted by Gasteiger charge is -2.03. The van der Waals surface area contributed by atoms with Gasteiger partial charge in [-0.3, -0.25) is 0 Å². The topological polar surface area (TPSA) is 67.6 Å². The number of nitrogens with zero attached hydrogens (tertiary/aromatic N) is 2. The number of aromatic nitrogens is 3. The molecular formula is C14H13BrN4. The Kier molecular flexibility index (Phi) is 3.21. The molecule has 0 fully saturated rings. The van der Waals surface area contributed by atoms with E-state index in [1.54, 1.807) is 6.20 Å². The summed E-state index contributed by atoms with van der Waals surface area (Å²) in [6.45, 7) is 0. The van der Waals surface area contributed by atoms with E-state index in [0.717, 1.165) is 45.6 Å². The molecule has 0 spiro atoms. The molecule has 0 aliphatic heterocycles. The third-order valence-corrected chi connectivity index (χ3v) is 3.47. The molecule has 0 amide bonds. The summed E-state index contributed by atoms with van der Waals surface area (Å²) in [6.07, 6.45) is 3.44. The number of hydrogen-bond acceptors (Lipinski definition) is 3. The zero-order valence-corrected chi connectivity index (χ0v) is 11.8. The lowest BCUT2D eigenvalue weighted by molar-refractivity contribution is 0.891. The van der Waals surface area contributed by atoms with E-state index in [-0.39, 0.29) is 0 Å². The Bertz CT molecular complexity index is 720. The number of nitrogens with two attached hydrogens (primary N) is 1. The van der Waals surface area contributed by atoms with Gasteiger partial charge in [0.1, 0.15) is 5.82 Å². The fourth-order valence-electron chi connectivity index (χ4n) is 2.06. The molecule has 2 aromatic heterocycles. The number of aryl methyl sites for hydroxylation is 2. The maximum Gasteiger partial charge on any atom is 0.177 e. The van der Waals surface area contributed by atoms with Gasteiger partial charge in [-0.1, -0.05) is 18.2 Å². The highest BCUT2D eigenvalue weighted by Crippen LogP contribution is 2.17. The molecule has 5 heteroatoms. The van der Waals surface area contributed by atoms with Crippen molar-refractivity contribution in [3.8, 4) is 0 Å². The third kappa shape index (κ3) is 2.61. The number of aromatic amines is 1. The molecule has 0 saturated carbocycles. The summed E-state index contributed by atoms with van der Waals surface area (Å²) < 4.78 is 0.947. The molecule has 0 aliphatic carbocycles. The van der Waals surface area contributed by atoms with E-state index in [2.05, 4.69) is 30.9 Å². The van der Waals surface area contributed by atoms with E-state index in [1.807, 2.05) is 30.3 Å². The number of imidazole rings is 1. The smallest absolute Gasteiger partial charge is 0.177 e. The van der Waals surface area contributed by atoms with Crippen LogP contribution in [0.15, 0.2) is 41.0 Å². The molecule has 19 heavy (non-hydrogen) atoms. The van der Waals surface area contributed by atoms with Crippen LogP contribution in [0.25, 0.3) is 11.2 Å². The zero-order chi connectivity index (χ0) is 13.2. The average molecular weight is 317 g/mol. The summed E-state index contributed by atoms with van der Waals surface area (Å²) >= 11 is 3.40. The summed E-state index contributed by atoms with van der Waals surface area (Å²) in [7, 11) is 0. The number of anilines is 1. The minimum atomic E-state index is 0.749. The van der Waals surface area contributed by atoms with E-state index >= 15 is 0 Å². The second-order valence-electron chi connectivity index (χ2n) is 4.41. The molecule has 0 aliphatic rings. The predicted molar refractivity (Wildman–Crippen MR) is 79.9 cm³/mol. The van der Waals surface area contributed by atoms with E-state index in [9.17, 15) is 0 Å². The van der Waals surface area contributed by atoms with Crippen molar-refractivity contribution in [2.24, 2.45) is 0 Å². The first kappa shape index (κ1) is 12.2. The molecule has 4 nitrogen and oxygen atoms in total. The lowest BCUT2D eigenvalue weighted by Crippen LogP contribution is -1.97. The van der Waals surface area contributed by atoms with Gasteiger partial charge < -0.3 is 10.7 Å². The van der Waals surface area contributed by atoms with Crippen LogP contribution in [0.1, 0.15) is 11.4 Å². The molecule has 3 aromatic rings. The largest absolute Gasteiger partial charge is 0.399 e. The summed E-state index contributed by atoms with van der Waals surface area (Å²) in [4.78, 5) is 12.0. The van der Waals surface area contributed by atoms with Crippen molar-refractivity contribution in [1.29, 1.82) is 0 Å². The second-order valence-corrected chi connectivity index (χ2v) is 5.32. The van der Waals surface area contributed by atoms with Crippen LogP contribution in [0.4, 0.5) is 5.69 Å². The quantitative estimate of drug-likeness (QED) is 0.730. The van der Waals surface area contributed by atoms with Crippen LogP contribution in [0.2, 0.25) is 0 Å². The van der Waals surface area contributed by atoms with Crippen LogP contribution in [-0.2, 0) is 12.8 Å². The minimum Gasteiger partial charge on any atom is -0.399 e. The van der Waals surface area contributed by atoms with Crippen molar-refractivity contribution in [3.05, 3.63) is 52.4 Å². The van der Waals surface area contributed by atoms with Crippen LogP contribution in [0.3, 0.4) is 0 Å². The SMILES string of the molecule is Nc1ccccc1CCc1nc2ncc(Br)cc2[nH]1. The number of benzene rings is 1. The number of nitrogen functional groups attached to an aromatic ring is 1. The average Bonchev–Trinajstić information content (AvgIpc) is 2.79. The fraction of sp³-hybridized carbons (Fsp3) is 0.143. The molecule has 3 N–H and O–H groups in total. The first-order chi connectivity index (χ1) is 9.22. The molecule has 0 unspecified atom stereocenters. The summed E-state index contributed by atoms with van der Waals surface area (Å²) in [5, 5.41) is 0. The number of fused-ring (bicyclic) bond motifs is 1. The fourth-order valence-corrected chi connectivity index (χ4v) is 2.39. The lowest BCUT2D eigenvalue weighted by atomic mass is 10.1. The van der Waals surface area contributed by atoms with Crippen molar-refractivity contribution < 1.29 is 0 Å². The first-order valence-electron chi connectivity index (χ1n) is 6.06. The van der Waals surface area contributed by atoms with Crippen LogP contribution < -0.4 is 5.73 Å². The number of pyridine rings is 1. The van der Waals surface area contributed by atoms with Crippen LogP contribution in [-0.4, -0.2) is 15.0 Å². The van der Waals surface area contributed by atoms with Gasteiger partial charge in [0.05, 0.1) is 5.52 Å². The van der Waals surface area contributed by atoms with Crippen molar-refractivity contribution in [1.82, 2.24) is 15.0 Å². The van der Waals surface area contributed by atoms with Gasteiger partial charge in [-0.05, 0) is 40.0 Å². The molecular weight excluding hydrogens is 304 g/mol. The van der Waals surface area contributed by atoms with Crippen LogP contribution >= 0.6 is 15.9 Å². The van der Waals surface area contributed by atoms with E-state index in [1.165, 1.54) is 0 Å². The highest BCUT2D eigenvalue weighted by Gasteiger charge is 2.05. The number of H-pyrrole nitrogens is 1. The van der Waals surface area contributed by atoms with Gasteiger partial charge in [0.2, 0.25) is 0 Å². The molecule has 1 aromatic carbocycles. The molecule has 3 rings (SSSR count). The van der Waals surface area contributed by atoms with Gasteiger partial charge in [0, 0.05) is 22.8 Å². The minimum absolute atomic E-state index is 0.749. The van der Waals surface area contributed by atoms with Gasteiger partial charge in [-0.2, -0.15) is 0 Å². The highest BCUT2D eigenvalue weighted by molar-refractivity contribution is 9.10. The van der Waals surface area contributed by atoms with Gasteiger partial charge in [-0.15, -0.1) is 0 Å². The predicted octanol–water partition coefficient (Wildman–Crippen LogP) is 3.09. The van der Waals surface area contributed by atoms with Gasteiger partial charge >= 0.3 is 0 Å². The molecule has 0 bridgehead atoms. The summed E-state index contributed by atoms with van der Waals surface area (Å²) in [5.74, 6) is 0.934. The molecule has 2 heterocycles. The number of para-hydroxylation sites is 1. The second kappa shape index (κ2) is 5.01. The number of halogens is 1. The zero-order valence-electron chi connectivity index (χ0n) is 10.2. The Morgan fingerprint density at radius 1 is 1.21 bits per heavy atom. The Morgan fingerprint density at radius 3 is 2.89 bits per heavy atom. The molecule has 96 valence electrons. The Labute approximate surface area is 119 Å². The van der Waals surface area contributed by atoms with Crippen molar-refractivity contribution in [2.45, 2.75) is 12.8 Å². The number of nitrogens with one attached hydrogen (secondary N) is 1. The Balaban J connectivity index is 1.80. The standard InChI is InChI=1S/C14H13BrN4/c15-10-7-12-14(17-8-10)19-13(18-12)6-5-9-3-1-2-4-11(9)16/h1-4,7-8H,5-6,16H2,(H,17,18,19). The van der Waals surface area contributed by atoms with Gasteiger partial charge in [-0.25, -0.2) is 9.97 Å². The highest BCUT2D eigenvalue weighted by atomic mass is 79.9. The molecule has 0 saturated heterocycles. The number of rotatable bonds is 3. The van der Waals surface area contributed by atoms with Gasteiger partial charge in [0.25, 0.3) is 0 Å². The maximum atomic E-state index is 5.93. The van der Waals surface area contributed by atoms with Crippen LogP contribution in [0.5, 0.6) is 0 Å². The monoisotopic (exact) mass is 316 g/mol. The summed E-state index contributed by atoms with van der Waals surface area (Å²) in [6, 6.07) is 9.90. The first-order valence-corrected chi connectivity index (χ1v) is 6.85. The van der Waals surface area contributed by atoms with E-state index in [0.29, 0.717) is 0 Å². The Morgan fingerprint density at radius 2 is 2.05 bits per heavy atom. The normalized spacial score (nSPS) is 11.0. The third-order valence-electron chi connectivity index (χ3n) is 3.04. The maximum absolute atomic E-state index is 5.93. The van der Waals surface area contributed by atoms with E-state index < -0.39 is 0 Å². The van der Waals surface area contributed by atoms with Crippen molar-refractivity contribution in [2.75, 3.05) is 5.73 Å². The van der Waals surface area contributed by atoms with Crippen molar-refractivity contribution in [3.63, 3.8) is 0 Å². The molecule has 0 atom stereocenters. The molecule has 0 radical (unpaired) electrons. The summed E-state index contributed by atoms with van der Waals surface area (Å²) in [5.41, 5.74) is 9.61. The van der Waals surface area contributed by atoms with Crippen LogP contribution in [0, 0.1) is 0 Å². The Hall–Kier alpha value is -1.88.